The van der Waals surface area contributed by atoms with E-state index in [1.165, 1.54) is 40.6 Å². The van der Waals surface area contributed by atoms with E-state index in [0.29, 0.717) is 6.54 Å². The van der Waals surface area contributed by atoms with Gasteiger partial charge in [0.1, 0.15) is 0 Å². The molecule has 2 aromatic rings. The Balaban J connectivity index is 1.55. The third kappa shape index (κ3) is 3.07. The smallest absolute Gasteiger partial charge is 0.263 e. The maximum atomic E-state index is 12.6. The van der Waals surface area contributed by atoms with E-state index in [-0.39, 0.29) is 5.56 Å². The highest BCUT2D eigenvalue weighted by Crippen LogP contribution is 2.30. The lowest BCUT2D eigenvalue weighted by atomic mass is 10.1. The minimum Gasteiger partial charge on any atom is -0.308 e. The van der Waals surface area contributed by atoms with Gasteiger partial charge in [0, 0.05) is 28.4 Å². The Bertz CT molecular complexity index is 570. The first kappa shape index (κ1) is 13.7. The zero-order chi connectivity index (χ0) is 13.9. The van der Waals surface area contributed by atoms with Gasteiger partial charge < -0.3 is 5.32 Å². The molecular formula is C16H17F2NS. The molecule has 1 heterocycles. The zero-order valence-electron chi connectivity index (χ0n) is 11.2. The van der Waals surface area contributed by atoms with Gasteiger partial charge in [-0.15, -0.1) is 11.3 Å². The zero-order valence-corrected chi connectivity index (χ0v) is 12.0. The summed E-state index contributed by atoms with van der Waals surface area (Å²) in [6, 6.07) is 8.91. The highest BCUT2D eigenvalue weighted by Gasteiger charge is 2.14. The lowest BCUT2D eigenvalue weighted by Gasteiger charge is -2.06. The quantitative estimate of drug-likeness (QED) is 0.858. The number of thiophene rings is 1. The number of benzene rings is 1. The molecule has 0 saturated carbocycles. The molecule has 1 nitrogen and oxygen atoms in total. The summed E-state index contributed by atoms with van der Waals surface area (Å²) in [6.07, 6.45) is 1.32. The first-order chi connectivity index (χ1) is 9.72. The van der Waals surface area contributed by atoms with Crippen molar-refractivity contribution in [1.82, 2.24) is 5.32 Å². The van der Waals surface area contributed by atoms with Gasteiger partial charge >= 0.3 is 0 Å². The van der Waals surface area contributed by atoms with Crippen molar-refractivity contribution in [2.24, 2.45) is 0 Å². The van der Waals surface area contributed by atoms with Gasteiger partial charge in [-0.3, -0.25) is 0 Å². The Labute approximate surface area is 121 Å². The van der Waals surface area contributed by atoms with Crippen molar-refractivity contribution in [2.75, 3.05) is 0 Å². The van der Waals surface area contributed by atoms with E-state index >= 15 is 0 Å². The lowest BCUT2D eigenvalue weighted by Crippen LogP contribution is -2.11. The van der Waals surface area contributed by atoms with Gasteiger partial charge in [0.2, 0.25) is 0 Å². The summed E-state index contributed by atoms with van der Waals surface area (Å²) in [6.45, 7) is 1.44. The largest absolute Gasteiger partial charge is 0.308 e. The first-order valence-electron chi connectivity index (χ1n) is 6.90. The number of rotatable bonds is 5. The van der Waals surface area contributed by atoms with Crippen LogP contribution < -0.4 is 5.32 Å². The fourth-order valence-corrected chi connectivity index (χ4v) is 3.88. The topological polar surface area (TPSA) is 12.0 Å². The number of alkyl halides is 2. The number of nitrogens with one attached hydrogen (secondary N) is 1. The van der Waals surface area contributed by atoms with Gasteiger partial charge in [0.05, 0.1) is 0 Å². The maximum absolute atomic E-state index is 12.6. The van der Waals surface area contributed by atoms with Gasteiger partial charge in [-0.2, -0.15) is 0 Å². The molecule has 0 atom stereocenters. The van der Waals surface area contributed by atoms with E-state index in [9.17, 15) is 8.78 Å². The van der Waals surface area contributed by atoms with Gasteiger partial charge in [0.15, 0.2) is 0 Å². The Morgan fingerprint density at radius 2 is 2.05 bits per heavy atom. The summed E-state index contributed by atoms with van der Waals surface area (Å²) >= 11 is 1.88. The third-order valence-corrected chi connectivity index (χ3v) is 4.87. The fraction of sp³-hybridized carbons (Fsp3) is 0.375. The van der Waals surface area contributed by atoms with E-state index in [0.717, 1.165) is 12.1 Å². The van der Waals surface area contributed by atoms with Crippen LogP contribution in [0.25, 0.3) is 0 Å². The van der Waals surface area contributed by atoms with Crippen LogP contribution in [0.15, 0.2) is 30.3 Å². The summed E-state index contributed by atoms with van der Waals surface area (Å²) in [5.41, 5.74) is 2.51. The van der Waals surface area contributed by atoms with Crippen LogP contribution in [-0.2, 0) is 25.9 Å². The van der Waals surface area contributed by atoms with Crippen molar-refractivity contribution in [1.29, 1.82) is 0 Å². The molecule has 0 spiro atoms. The summed E-state index contributed by atoms with van der Waals surface area (Å²) in [4.78, 5) is 2.88. The minimum absolute atomic E-state index is 0.0967. The summed E-state index contributed by atoms with van der Waals surface area (Å²) in [5.74, 6) is 0. The summed E-state index contributed by atoms with van der Waals surface area (Å²) in [7, 11) is 0. The van der Waals surface area contributed by atoms with Crippen LogP contribution in [0.4, 0.5) is 8.78 Å². The van der Waals surface area contributed by atoms with E-state index in [4.69, 9.17) is 0 Å². The van der Waals surface area contributed by atoms with Crippen LogP contribution >= 0.6 is 11.3 Å². The standard InChI is InChI=1S/C16H17F2NS/c17-16(18)13-5-1-3-11(7-13)9-19-10-14-8-12-4-2-6-15(12)20-14/h1,3,5,7-8,16,19H,2,4,6,9-10H2. The van der Waals surface area contributed by atoms with Crippen LogP contribution in [0.1, 0.15) is 39.3 Å². The second-order valence-electron chi connectivity index (χ2n) is 5.16. The fourth-order valence-electron chi connectivity index (χ4n) is 2.65. The van der Waals surface area contributed by atoms with Crippen LogP contribution in [0, 0.1) is 0 Å². The Morgan fingerprint density at radius 1 is 1.15 bits per heavy atom. The van der Waals surface area contributed by atoms with Gasteiger partial charge in [0.25, 0.3) is 6.43 Å². The maximum Gasteiger partial charge on any atom is 0.263 e. The van der Waals surface area contributed by atoms with Gasteiger partial charge in [-0.25, -0.2) is 8.78 Å². The molecule has 1 N–H and O–H groups in total. The molecule has 0 amide bonds. The van der Waals surface area contributed by atoms with Crippen molar-refractivity contribution in [3.63, 3.8) is 0 Å². The van der Waals surface area contributed by atoms with Gasteiger partial charge in [-0.1, -0.05) is 18.2 Å². The normalized spacial score (nSPS) is 13.9. The highest BCUT2D eigenvalue weighted by molar-refractivity contribution is 7.12. The predicted octanol–water partition coefficient (Wildman–Crippen LogP) is 4.46. The molecule has 4 heteroatoms. The second kappa shape index (κ2) is 6.02. The second-order valence-corrected chi connectivity index (χ2v) is 6.39. The van der Waals surface area contributed by atoms with E-state index in [1.54, 1.807) is 12.1 Å². The molecule has 0 radical (unpaired) electrons. The molecule has 20 heavy (non-hydrogen) atoms. The predicted molar refractivity (Wildman–Crippen MR) is 78.3 cm³/mol. The molecule has 1 aromatic carbocycles. The van der Waals surface area contributed by atoms with Crippen molar-refractivity contribution in [3.8, 4) is 0 Å². The molecule has 0 saturated heterocycles. The molecule has 0 unspecified atom stereocenters. The Kier molecular flexibility index (Phi) is 4.13. The van der Waals surface area contributed by atoms with Crippen LogP contribution in [0.3, 0.4) is 0 Å². The molecular weight excluding hydrogens is 276 g/mol. The number of aryl methyl sites for hydroxylation is 2. The van der Waals surface area contributed by atoms with Crippen molar-refractivity contribution < 1.29 is 8.78 Å². The molecule has 0 bridgehead atoms. The third-order valence-electron chi connectivity index (χ3n) is 3.63. The van der Waals surface area contributed by atoms with Crippen molar-refractivity contribution in [3.05, 3.63) is 56.8 Å². The Morgan fingerprint density at radius 3 is 2.85 bits per heavy atom. The summed E-state index contributed by atoms with van der Waals surface area (Å²) < 4.78 is 25.2. The first-order valence-corrected chi connectivity index (χ1v) is 7.72. The molecule has 1 aliphatic carbocycles. The molecule has 1 aliphatic rings. The van der Waals surface area contributed by atoms with Crippen LogP contribution in [-0.4, -0.2) is 0 Å². The molecule has 106 valence electrons. The number of hydrogen-bond acceptors (Lipinski definition) is 2. The highest BCUT2D eigenvalue weighted by atomic mass is 32.1. The van der Waals surface area contributed by atoms with Gasteiger partial charge in [-0.05, 0) is 42.5 Å². The SMILES string of the molecule is FC(F)c1cccc(CNCc2cc3c(s2)CCC3)c1. The molecule has 3 rings (SSSR count). The van der Waals surface area contributed by atoms with Crippen LogP contribution in [0.5, 0.6) is 0 Å². The molecule has 0 aliphatic heterocycles. The molecule has 1 aromatic heterocycles. The monoisotopic (exact) mass is 293 g/mol. The molecule has 0 fully saturated rings. The van der Waals surface area contributed by atoms with E-state index in [1.807, 2.05) is 17.4 Å². The number of halogens is 2. The Hall–Kier alpha value is -1.26. The summed E-state index contributed by atoms with van der Waals surface area (Å²) in [5, 5.41) is 3.34. The number of fused-ring (bicyclic) bond motifs is 1. The van der Waals surface area contributed by atoms with Crippen LogP contribution in [0.2, 0.25) is 0 Å². The number of hydrogen-bond donors (Lipinski definition) is 1. The van der Waals surface area contributed by atoms with E-state index < -0.39 is 6.43 Å². The lowest BCUT2D eigenvalue weighted by molar-refractivity contribution is 0.151. The average Bonchev–Trinajstić information content (AvgIpc) is 3.00. The minimum atomic E-state index is -2.39. The van der Waals surface area contributed by atoms with E-state index in [2.05, 4.69) is 11.4 Å². The average molecular weight is 293 g/mol. The van der Waals surface area contributed by atoms with Crippen molar-refractivity contribution in [2.45, 2.75) is 38.8 Å². The van der Waals surface area contributed by atoms with Crippen molar-refractivity contribution >= 4 is 11.3 Å².